The molecule has 0 aliphatic carbocycles. The lowest BCUT2D eigenvalue weighted by molar-refractivity contribution is 0.939. The van der Waals surface area contributed by atoms with Crippen molar-refractivity contribution in [1.29, 1.82) is 0 Å². The smallest absolute Gasteiger partial charge is 0.0621 e. The molecular formula is C13H9Br2Cl2N. The van der Waals surface area contributed by atoms with Crippen LogP contribution in [0, 0.1) is 0 Å². The van der Waals surface area contributed by atoms with E-state index in [1.807, 2.05) is 24.3 Å². The van der Waals surface area contributed by atoms with Gasteiger partial charge in [0.1, 0.15) is 0 Å². The Hall–Kier alpha value is -0.0900. The molecule has 2 aromatic rings. The molecule has 1 heterocycles. The summed E-state index contributed by atoms with van der Waals surface area (Å²) in [5, 5.41) is 1.40. The molecule has 0 N–H and O–H groups in total. The van der Waals surface area contributed by atoms with Crippen molar-refractivity contribution in [2.75, 3.05) is 0 Å². The molecule has 0 saturated heterocycles. The number of pyridine rings is 1. The zero-order valence-electron chi connectivity index (χ0n) is 9.21. The van der Waals surface area contributed by atoms with Crippen LogP contribution in [-0.4, -0.2) is 4.98 Å². The molecule has 0 aliphatic rings. The highest BCUT2D eigenvalue weighted by atomic mass is 79.9. The van der Waals surface area contributed by atoms with Gasteiger partial charge < -0.3 is 0 Å². The van der Waals surface area contributed by atoms with Crippen molar-refractivity contribution in [3.8, 4) is 0 Å². The second kappa shape index (κ2) is 6.38. The van der Waals surface area contributed by atoms with E-state index in [2.05, 4.69) is 36.8 Å². The Morgan fingerprint density at radius 1 is 1.22 bits per heavy atom. The van der Waals surface area contributed by atoms with Gasteiger partial charge in [0.25, 0.3) is 0 Å². The first-order valence-corrected chi connectivity index (χ1v) is 7.72. The van der Waals surface area contributed by atoms with Gasteiger partial charge in [-0.05, 0) is 41.8 Å². The second-order valence-electron chi connectivity index (χ2n) is 3.80. The number of halogens is 4. The maximum atomic E-state index is 6.11. The summed E-state index contributed by atoms with van der Waals surface area (Å²) in [4.78, 5) is 4.12. The summed E-state index contributed by atoms with van der Waals surface area (Å²) in [6.45, 7) is 0. The van der Waals surface area contributed by atoms with Crippen molar-refractivity contribution in [3.05, 3.63) is 62.3 Å². The fourth-order valence-electron chi connectivity index (χ4n) is 1.63. The van der Waals surface area contributed by atoms with E-state index in [1.165, 1.54) is 0 Å². The van der Waals surface area contributed by atoms with Crippen LogP contribution in [0.4, 0.5) is 0 Å². The van der Waals surface area contributed by atoms with Gasteiger partial charge in [-0.25, -0.2) is 0 Å². The normalized spacial score (nSPS) is 12.4. The maximum Gasteiger partial charge on any atom is 0.0621 e. The van der Waals surface area contributed by atoms with Gasteiger partial charge in [-0.15, -0.1) is 0 Å². The summed E-state index contributed by atoms with van der Waals surface area (Å²) in [5.41, 5.74) is 2.16. The summed E-state index contributed by atoms with van der Waals surface area (Å²) in [6, 6.07) is 7.67. The van der Waals surface area contributed by atoms with Crippen LogP contribution in [0.15, 0.2) is 41.1 Å². The lowest BCUT2D eigenvalue weighted by atomic mass is 10.1. The van der Waals surface area contributed by atoms with E-state index in [-0.39, 0.29) is 4.83 Å². The van der Waals surface area contributed by atoms with Gasteiger partial charge in [-0.2, -0.15) is 0 Å². The van der Waals surface area contributed by atoms with Gasteiger partial charge in [0.05, 0.1) is 5.02 Å². The third-order valence-electron chi connectivity index (χ3n) is 2.55. The van der Waals surface area contributed by atoms with Crippen molar-refractivity contribution in [2.24, 2.45) is 0 Å². The first-order chi connectivity index (χ1) is 8.58. The number of hydrogen-bond donors (Lipinski definition) is 0. The molecule has 1 atom stereocenters. The Morgan fingerprint density at radius 3 is 2.72 bits per heavy atom. The third-order valence-corrected chi connectivity index (χ3v) is 4.67. The quantitative estimate of drug-likeness (QED) is 0.581. The predicted octanol–water partition coefficient (Wildman–Crippen LogP) is 5.83. The minimum Gasteiger partial charge on any atom is -0.263 e. The van der Waals surface area contributed by atoms with E-state index in [9.17, 15) is 0 Å². The van der Waals surface area contributed by atoms with E-state index in [0.717, 1.165) is 27.0 Å². The summed E-state index contributed by atoms with van der Waals surface area (Å²) in [5.74, 6) is 0. The minimum absolute atomic E-state index is 0.144. The van der Waals surface area contributed by atoms with Crippen molar-refractivity contribution in [3.63, 3.8) is 0 Å². The van der Waals surface area contributed by atoms with Crippen molar-refractivity contribution in [1.82, 2.24) is 4.98 Å². The Kier molecular flexibility index (Phi) is 5.07. The fraction of sp³-hybridized carbons (Fsp3) is 0.154. The zero-order valence-corrected chi connectivity index (χ0v) is 13.9. The first-order valence-electron chi connectivity index (χ1n) is 5.25. The topological polar surface area (TPSA) is 12.9 Å². The highest BCUT2D eigenvalue weighted by Gasteiger charge is 2.14. The molecule has 1 aromatic carbocycles. The summed E-state index contributed by atoms with van der Waals surface area (Å²) >= 11 is 19.3. The van der Waals surface area contributed by atoms with Crippen LogP contribution in [0.3, 0.4) is 0 Å². The van der Waals surface area contributed by atoms with Crippen LogP contribution >= 0.6 is 55.1 Å². The van der Waals surface area contributed by atoms with Gasteiger partial charge in [-0.3, -0.25) is 4.98 Å². The molecule has 0 saturated carbocycles. The highest BCUT2D eigenvalue weighted by Crippen LogP contribution is 2.35. The first kappa shape index (κ1) is 14.3. The van der Waals surface area contributed by atoms with E-state index in [4.69, 9.17) is 23.2 Å². The number of nitrogens with zero attached hydrogens (tertiary/aromatic N) is 1. The van der Waals surface area contributed by atoms with Crippen molar-refractivity contribution < 1.29 is 0 Å². The van der Waals surface area contributed by atoms with Crippen LogP contribution in [0.2, 0.25) is 10.0 Å². The van der Waals surface area contributed by atoms with Crippen LogP contribution in [0.5, 0.6) is 0 Å². The van der Waals surface area contributed by atoms with Crippen molar-refractivity contribution >= 4 is 55.1 Å². The van der Waals surface area contributed by atoms with Crippen LogP contribution < -0.4 is 0 Å². The van der Waals surface area contributed by atoms with Gasteiger partial charge in [0.2, 0.25) is 0 Å². The Labute approximate surface area is 133 Å². The molecule has 1 aromatic heterocycles. The maximum absolute atomic E-state index is 6.11. The van der Waals surface area contributed by atoms with Crippen LogP contribution in [0.1, 0.15) is 16.0 Å². The Bertz CT molecular complexity index is 560. The largest absolute Gasteiger partial charge is 0.263 e. The number of alkyl halides is 1. The molecule has 18 heavy (non-hydrogen) atoms. The van der Waals surface area contributed by atoms with Crippen LogP contribution in [0.25, 0.3) is 0 Å². The molecule has 0 bridgehead atoms. The number of benzene rings is 1. The Morgan fingerprint density at radius 2 is 2.00 bits per heavy atom. The van der Waals surface area contributed by atoms with Gasteiger partial charge >= 0.3 is 0 Å². The van der Waals surface area contributed by atoms with Gasteiger partial charge in [-0.1, -0.05) is 55.1 Å². The lowest BCUT2D eigenvalue weighted by Crippen LogP contribution is -1.97. The monoisotopic (exact) mass is 407 g/mol. The predicted molar refractivity (Wildman–Crippen MR) is 83.8 cm³/mol. The van der Waals surface area contributed by atoms with Crippen molar-refractivity contribution in [2.45, 2.75) is 11.2 Å². The van der Waals surface area contributed by atoms with E-state index in [1.54, 1.807) is 12.4 Å². The molecular weight excluding hydrogens is 401 g/mol. The molecule has 0 amide bonds. The molecule has 0 fully saturated rings. The molecule has 0 aliphatic heterocycles. The average molecular weight is 410 g/mol. The number of hydrogen-bond acceptors (Lipinski definition) is 1. The minimum atomic E-state index is 0.144. The summed E-state index contributed by atoms with van der Waals surface area (Å²) in [7, 11) is 0. The molecule has 1 nitrogen and oxygen atoms in total. The average Bonchev–Trinajstić information content (AvgIpc) is 2.35. The van der Waals surface area contributed by atoms with Gasteiger partial charge in [0.15, 0.2) is 0 Å². The lowest BCUT2D eigenvalue weighted by Gasteiger charge is -2.13. The zero-order chi connectivity index (χ0) is 13.1. The number of aromatic nitrogens is 1. The SMILES string of the molecule is Clc1ccc(Br)c(C(Br)Cc2ccncc2Cl)c1. The second-order valence-corrected chi connectivity index (χ2v) is 6.61. The number of rotatable bonds is 3. The summed E-state index contributed by atoms with van der Waals surface area (Å²) < 4.78 is 1.03. The third kappa shape index (κ3) is 3.47. The molecule has 5 heteroatoms. The van der Waals surface area contributed by atoms with E-state index < -0.39 is 0 Å². The molecule has 1 unspecified atom stereocenters. The Balaban J connectivity index is 2.25. The van der Waals surface area contributed by atoms with E-state index >= 15 is 0 Å². The molecule has 2 rings (SSSR count). The molecule has 0 radical (unpaired) electrons. The summed E-state index contributed by atoms with van der Waals surface area (Å²) in [6.07, 6.45) is 4.18. The molecule has 94 valence electrons. The van der Waals surface area contributed by atoms with Crippen LogP contribution in [-0.2, 0) is 6.42 Å². The van der Waals surface area contributed by atoms with Gasteiger partial charge in [0, 0.05) is 26.7 Å². The highest BCUT2D eigenvalue weighted by molar-refractivity contribution is 9.11. The molecule has 0 spiro atoms. The fourth-order valence-corrected chi connectivity index (χ4v) is 3.56. The standard InChI is InChI=1S/C13H9Br2Cl2N/c14-11-2-1-9(16)6-10(11)12(15)5-8-3-4-18-7-13(8)17/h1-4,6-7,12H,5H2. The van der Waals surface area contributed by atoms with E-state index in [0.29, 0.717) is 5.02 Å².